The number of benzene rings is 1. The SMILES string of the molecule is CCOC(=O)C([CH]C(=O)OCc1ccccc1)C(=O)OCC. The Balaban J connectivity index is 2.58. The van der Waals surface area contributed by atoms with E-state index >= 15 is 0 Å². The molecule has 0 bridgehead atoms. The van der Waals surface area contributed by atoms with Gasteiger partial charge in [0.15, 0.2) is 5.92 Å². The standard InChI is InChI=1S/C16H19O6/c1-3-20-15(18)13(16(19)21-4-2)10-14(17)22-11-12-8-6-5-7-9-12/h5-10,13H,3-4,11H2,1-2H3. The van der Waals surface area contributed by atoms with E-state index in [-0.39, 0.29) is 19.8 Å². The second-order valence-electron chi connectivity index (χ2n) is 4.24. The second kappa shape index (κ2) is 9.55. The minimum atomic E-state index is -1.41. The highest BCUT2D eigenvalue weighted by Crippen LogP contribution is 2.10. The predicted octanol–water partition coefficient (Wildman–Crippen LogP) is 1.68. The lowest BCUT2D eigenvalue weighted by Gasteiger charge is -2.13. The number of ether oxygens (including phenoxy) is 3. The van der Waals surface area contributed by atoms with Crippen molar-refractivity contribution in [3.63, 3.8) is 0 Å². The molecule has 0 aliphatic rings. The quantitative estimate of drug-likeness (QED) is 0.413. The summed E-state index contributed by atoms with van der Waals surface area (Å²) in [7, 11) is 0. The molecule has 0 amide bonds. The molecule has 0 unspecified atom stereocenters. The van der Waals surface area contributed by atoms with E-state index in [0.29, 0.717) is 0 Å². The largest absolute Gasteiger partial charge is 0.465 e. The molecule has 22 heavy (non-hydrogen) atoms. The summed E-state index contributed by atoms with van der Waals surface area (Å²) in [4.78, 5) is 35.2. The Bertz CT molecular complexity index is 479. The fourth-order valence-corrected chi connectivity index (χ4v) is 1.61. The van der Waals surface area contributed by atoms with Crippen molar-refractivity contribution in [2.45, 2.75) is 20.5 Å². The smallest absolute Gasteiger partial charge is 0.321 e. The molecule has 0 fully saturated rings. The maximum absolute atomic E-state index is 11.8. The molecule has 6 nitrogen and oxygen atoms in total. The third kappa shape index (κ3) is 5.95. The van der Waals surface area contributed by atoms with E-state index in [1.807, 2.05) is 18.2 Å². The lowest BCUT2D eigenvalue weighted by molar-refractivity contribution is -0.162. The third-order valence-electron chi connectivity index (χ3n) is 2.61. The Labute approximate surface area is 129 Å². The molecule has 119 valence electrons. The van der Waals surface area contributed by atoms with Crippen molar-refractivity contribution < 1.29 is 28.6 Å². The molecule has 0 spiro atoms. The van der Waals surface area contributed by atoms with Gasteiger partial charge >= 0.3 is 17.9 Å². The van der Waals surface area contributed by atoms with Crippen LogP contribution in [-0.4, -0.2) is 31.1 Å². The fourth-order valence-electron chi connectivity index (χ4n) is 1.61. The summed E-state index contributed by atoms with van der Waals surface area (Å²) in [5.41, 5.74) is 0.799. The molecule has 1 aromatic rings. The summed E-state index contributed by atoms with van der Waals surface area (Å²) in [6, 6.07) is 9.05. The fraction of sp³-hybridized carbons (Fsp3) is 0.375. The summed E-state index contributed by atoms with van der Waals surface area (Å²) in [5.74, 6) is -3.87. The zero-order valence-corrected chi connectivity index (χ0v) is 12.6. The molecule has 1 rings (SSSR count). The van der Waals surface area contributed by atoms with Gasteiger partial charge < -0.3 is 14.2 Å². The van der Waals surface area contributed by atoms with E-state index in [1.165, 1.54) is 0 Å². The van der Waals surface area contributed by atoms with Crippen LogP contribution in [0.15, 0.2) is 30.3 Å². The molecular weight excluding hydrogens is 288 g/mol. The molecule has 0 heterocycles. The molecule has 0 aromatic heterocycles. The minimum Gasteiger partial charge on any atom is -0.465 e. The zero-order valence-electron chi connectivity index (χ0n) is 12.6. The van der Waals surface area contributed by atoms with Crippen molar-refractivity contribution >= 4 is 17.9 Å². The van der Waals surface area contributed by atoms with E-state index in [0.717, 1.165) is 12.0 Å². The molecule has 0 aliphatic carbocycles. The van der Waals surface area contributed by atoms with E-state index in [1.54, 1.807) is 26.0 Å². The molecule has 0 atom stereocenters. The van der Waals surface area contributed by atoms with Crippen molar-refractivity contribution in [1.29, 1.82) is 0 Å². The lowest BCUT2D eigenvalue weighted by Crippen LogP contribution is -2.31. The van der Waals surface area contributed by atoms with Crippen LogP contribution in [0, 0.1) is 12.3 Å². The summed E-state index contributed by atoms with van der Waals surface area (Å²) < 4.78 is 14.5. The average Bonchev–Trinajstić information content (AvgIpc) is 2.52. The normalized spacial score (nSPS) is 10.1. The van der Waals surface area contributed by atoms with Crippen LogP contribution >= 0.6 is 0 Å². The first-order valence-electron chi connectivity index (χ1n) is 6.97. The van der Waals surface area contributed by atoms with Gasteiger partial charge in [0.05, 0.1) is 19.6 Å². The highest BCUT2D eigenvalue weighted by Gasteiger charge is 2.33. The summed E-state index contributed by atoms with van der Waals surface area (Å²) in [5, 5.41) is 0. The second-order valence-corrected chi connectivity index (χ2v) is 4.24. The average molecular weight is 307 g/mol. The van der Waals surface area contributed by atoms with E-state index < -0.39 is 23.8 Å². The predicted molar refractivity (Wildman–Crippen MR) is 77.3 cm³/mol. The van der Waals surface area contributed by atoms with Crippen LogP contribution in [0.25, 0.3) is 0 Å². The van der Waals surface area contributed by atoms with Gasteiger partial charge in [0.1, 0.15) is 6.61 Å². The molecule has 1 radical (unpaired) electrons. The van der Waals surface area contributed by atoms with Crippen molar-refractivity contribution in [1.82, 2.24) is 0 Å². The van der Waals surface area contributed by atoms with Crippen LogP contribution in [0.4, 0.5) is 0 Å². The van der Waals surface area contributed by atoms with E-state index in [4.69, 9.17) is 14.2 Å². The topological polar surface area (TPSA) is 78.9 Å². The van der Waals surface area contributed by atoms with Gasteiger partial charge in [-0.2, -0.15) is 0 Å². The Morgan fingerprint density at radius 1 is 0.955 bits per heavy atom. The monoisotopic (exact) mass is 307 g/mol. The van der Waals surface area contributed by atoms with Crippen LogP contribution in [0.5, 0.6) is 0 Å². The minimum absolute atomic E-state index is 0.0501. The number of rotatable bonds is 8. The van der Waals surface area contributed by atoms with Gasteiger partial charge in [-0.15, -0.1) is 0 Å². The molecule has 0 saturated carbocycles. The van der Waals surface area contributed by atoms with Gasteiger partial charge in [-0.25, -0.2) is 0 Å². The first kappa shape index (κ1) is 17.7. The Kier molecular flexibility index (Phi) is 7.67. The van der Waals surface area contributed by atoms with Gasteiger partial charge in [-0.1, -0.05) is 30.3 Å². The maximum Gasteiger partial charge on any atom is 0.321 e. The van der Waals surface area contributed by atoms with E-state index in [2.05, 4.69) is 0 Å². The highest BCUT2D eigenvalue weighted by molar-refractivity contribution is 6.02. The van der Waals surface area contributed by atoms with Crippen molar-refractivity contribution in [3.8, 4) is 0 Å². The molecular formula is C16H19O6. The van der Waals surface area contributed by atoms with Gasteiger partial charge in [0.2, 0.25) is 0 Å². The summed E-state index contributed by atoms with van der Waals surface area (Å²) in [6.07, 6.45) is 0.874. The first-order chi connectivity index (χ1) is 10.6. The highest BCUT2D eigenvalue weighted by atomic mass is 16.6. The maximum atomic E-state index is 11.8. The molecule has 0 N–H and O–H groups in total. The molecule has 6 heteroatoms. The Morgan fingerprint density at radius 3 is 2.00 bits per heavy atom. The summed E-state index contributed by atoms with van der Waals surface area (Å²) in [6.45, 7) is 3.46. The third-order valence-corrected chi connectivity index (χ3v) is 2.61. The van der Waals surface area contributed by atoms with Crippen molar-refractivity contribution in [2.24, 2.45) is 5.92 Å². The van der Waals surface area contributed by atoms with Crippen molar-refractivity contribution in [2.75, 3.05) is 13.2 Å². The number of hydrogen-bond donors (Lipinski definition) is 0. The van der Waals surface area contributed by atoms with Gasteiger partial charge in [-0.05, 0) is 19.4 Å². The Morgan fingerprint density at radius 2 is 1.50 bits per heavy atom. The van der Waals surface area contributed by atoms with Gasteiger partial charge in [0, 0.05) is 0 Å². The van der Waals surface area contributed by atoms with Gasteiger partial charge in [-0.3, -0.25) is 14.4 Å². The number of carbonyl (C=O) groups excluding carboxylic acids is 3. The molecule has 1 aromatic carbocycles. The molecule has 0 saturated heterocycles. The van der Waals surface area contributed by atoms with Crippen molar-refractivity contribution in [3.05, 3.63) is 42.3 Å². The van der Waals surface area contributed by atoms with Gasteiger partial charge in [0.25, 0.3) is 0 Å². The van der Waals surface area contributed by atoms with Crippen LogP contribution in [0.1, 0.15) is 19.4 Å². The zero-order chi connectivity index (χ0) is 16.4. The number of carbonyl (C=O) groups is 3. The van der Waals surface area contributed by atoms with Crippen LogP contribution in [0.2, 0.25) is 0 Å². The summed E-state index contributed by atoms with van der Waals surface area (Å²) >= 11 is 0. The van der Waals surface area contributed by atoms with Crippen LogP contribution in [-0.2, 0) is 35.2 Å². The number of hydrogen-bond acceptors (Lipinski definition) is 6. The van der Waals surface area contributed by atoms with Crippen LogP contribution < -0.4 is 0 Å². The van der Waals surface area contributed by atoms with Crippen LogP contribution in [0.3, 0.4) is 0 Å². The Hall–Kier alpha value is -2.37. The number of esters is 3. The molecule has 0 aliphatic heterocycles. The first-order valence-corrected chi connectivity index (χ1v) is 6.97. The van der Waals surface area contributed by atoms with E-state index in [9.17, 15) is 14.4 Å². The lowest BCUT2D eigenvalue weighted by atomic mass is 10.1.